The van der Waals surface area contributed by atoms with Gasteiger partial charge in [-0.2, -0.15) is 0 Å². The molecular formula is C34H35ClFN3O5S. The van der Waals surface area contributed by atoms with Crippen LogP contribution < -0.4 is 14.4 Å². The summed E-state index contributed by atoms with van der Waals surface area (Å²) in [6.07, 6.45) is 0.113. The Hall–Kier alpha value is -4.41. The summed E-state index contributed by atoms with van der Waals surface area (Å²) in [5.41, 5.74) is 1.09. The summed E-state index contributed by atoms with van der Waals surface area (Å²) < 4.78 is 49.3. The molecule has 8 nitrogen and oxygen atoms in total. The van der Waals surface area contributed by atoms with Crippen LogP contribution in [-0.4, -0.2) is 50.9 Å². The fraction of sp³-hybridized carbons (Fsp3) is 0.235. The lowest BCUT2D eigenvalue weighted by Gasteiger charge is -2.34. The zero-order valence-corrected chi connectivity index (χ0v) is 26.8. The predicted octanol–water partition coefficient (Wildman–Crippen LogP) is 5.85. The fourth-order valence-corrected chi connectivity index (χ4v) is 6.37. The summed E-state index contributed by atoms with van der Waals surface area (Å²) in [6, 6.07) is 25.6. The average molecular weight is 652 g/mol. The minimum absolute atomic E-state index is 0.0879. The molecule has 1 atom stereocenters. The molecule has 4 rings (SSSR count). The Morgan fingerprint density at radius 2 is 1.58 bits per heavy atom. The zero-order chi connectivity index (χ0) is 32.6. The van der Waals surface area contributed by atoms with Crippen molar-refractivity contribution >= 4 is 39.1 Å². The molecule has 45 heavy (non-hydrogen) atoms. The Bertz CT molecular complexity index is 1720. The third-order valence-corrected chi connectivity index (χ3v) is 9.05. The second-order valence-electron chi connectivity index (χ2n) is 10.6. The lowest BCUT2D eigenvalue weighted by molar-refractivity contribution is -0.140. The van der Waals surface area contributed by atoms with Gasteiger partial charge in [0.2, 0.25) is 11.8 Å². The van der Waals surface area contributed by atoms with Crippen molar-refractivity contribution < 1.29 is 27.1 Å². The van der Waals surface area contributed by atoms with E-state index < -0.39 is 40.2 Å². The van der Waals surface area contributed by atoms with Crippen LogP contribution in [0.4, 0.5) is 10.1 Å². The van der Waals surface area contributed by atoms with Gasteiger partial charge in [-0.05, 0) is 67.9 Å². The van der Waals surface area contributed by atoms with Gasteiger partial charge in [0.1, 0.15) is 24.2 Å². The van der Waals surface area contributed by atoms with Gasteiger partial charge >= 0.3 is 0 Å². The Balaban J connectivity index is 1.81. The fourth-order valence-electron chi connectivity index (χ4n) is 4.78. The minimum Gasteiger partial charge on any atom is -0.497 e. The lowest BCUT2D eigenvalue weighted by atomic mass is 10.0. The van der Waals surface area contributed by atoms with E-state index in [0.29, 0.717) is 5.75 Å². The van der Waals surface area contributed by atoms with Crippen molar-refractivity contribution in [2.75, 3.05) is 18.0 Å². The van der Waals surface area contributed by atoms with Crippen molar-refractivity contribution in [3.63, 3.8) is 0 Å². The molecule has 1 N–H and O–H groups in total. The monoisotopic (exact) mass is 651 g/mol. The summed E-state index contributed by atoms with van der Waals surface area (Å²) in [6.45, 7) is 2.62. The number of ether oxygens (including phenoxy) is 1. The molecule has 0 saturated carbocycles. The molecule has 0 aliphatic heterocycles. The minimum atomic E-state index is -4.33. The highest BCUT2D eigenvalue weighted by Crippen LogP contribution is 2.28. The summed E-state index contributed by atoms with van der Waals surface area (Å²) in [5, 5.41) is 3.13. The molecule has 4 aromatic carbocycles. The smallest absolute Gasteiger partial charge is 0.264 e. The number of sulfonamides is 1. The van der Waals surface area contributed by atoms with Gasteiger partial charge in [-0.1, -0.05) is 66.2 Å². The standard InChI is InChI=1S/C34H35ClFN3O5S/c1-24(2)37-34(41)32(20-25-10-5-4-6-11-25)38(22-26-12-7-8-15-31(26)36)33(40)23-39(28-14-9-13-27(35)21-28)45(42,43)30-18-16-29(44-3)17-19-30/h4-19,21,24,32H,20,22-23H2,1-3H3,(H,37,41)/t32-/m0/s1. The van der Waals surface area contributed by atoms with Gasteiger partial charge in [-0.3, -0.25) is 13.9 Å². The molecule has 0 aromatic heterocycles. The second-order valence-corrected chi connectivity index (χ2v) is 12.9. The molecule has 4 aromatic rings. The van der Waals surface area contributed by atoms with Crippen molar-refractivity contribution in [1.82, 2.24) is 10.2 Å². The number of carbonyl (C=O) groups excluding carboxylic acids is 2. The van der Waals surface area contributed by atoms with E-state index in [9.17, 15) is 22.4 Å². The molecule has 0 fully saturated rings. The first kappa shape index (κ1) is 33.5. The van der Waals surface area contributed by atoms with Gasteiger partial charge < -0.3 is 15.0 Å². The van der Waals surface area contributed by atoms with Gasteiger partial charge in [-0.25, -0.2) is 12.8 Å². The number of halogens is 2. The predicted molar refractivity (Wildman–Crippen MR) is 173 cm³/mol. The van der Waals surface area contributed by atoms with E-state index in [-0.39, 0.29) is 40.2 Å². The number of amides is 2. The molecule has 0 aliphatic rings. The number of rotatable bonds is 13. The highest BCUT2D eigenvalue weighted by molar-refractivity contribution is 7.92. The molecule has 11 heteroatoms. The maximum absolute atomic E-state index is 15.0. The molecule has 0 aliphatic carbocycles. The van der Waals surface area contributed by atoms with Crippen LogP contribution in [0.25, 0.3) is 0 Å². The van der Waals surface area contributed by atoms with E-state index in [1.165, 1.54) is 66.6 Å². The molecule has 0 radical (unpaired) electrons. The Morgan fingerprint density at radius 3 is 2.20 bits per heavy atom. The van der Waals surface area contributed by atoms with Gasteiger partial charge in [0.05, 0.1) is 17.7 Å². The molecule has 2 amide bonds. The Morgan fingerprint density at radius 1 is 0.911 bits per heavy atom. The molecule has 0 heterocycles. The van der Waals surface area contributed by atoms with E-state index in [4.69, 9.17) is 16.3 Å². The first-order chi connectivity index (χ1) is 21.5. The SMILES string of the molecule is COc1ccc(S(=O)(=O)N(CC(=O)N(Cc2ccccc2F)[C@@H](Cc2ccccc2)C(=O)NC(C)C)c2cccc(Cl)c2)cc1. The van der Waals surface area contributed by atoms with Gasteiger partial charge in [0.15, 0.2) is 0 Å². The molecule has 0 unspecified atom stereocenters. The Labute approximate surface area is 268 Å². The van der Waals surface area contributed by atoms with E-state index in [0.717, 1.165) is 9.87 Å². The van der Waals surface area contributed by atoms with Crippen LogP contribution >= 0.6 is 11.6 Å². The van der Waals surface area contributed by atoms with Crippen LogP contribution in [0.5, 0.6) is 5.75 Å². The molecule has 236 valence electrons. The van der Waals surface area contributed by atoms with E-state index in [1.54, 1.807) is 32.0 Å². The van der Waals surface area contributed by atoms with Gasteiger partial charge in [-0.15, -0.1) is 0 Å². The van der Waals surface area contributed by atoms with Crippen molar-refractivity contribution in [1.29, 1.82) is 0 Å². The summed E-state index contributed by atoms with van der Waals surface area (Å²) in [5.74, 6) is -1.27. The van der Waals surface area contributed by atoms with Crippen LogP contribution in [0.1, 0.15) is 25.0 Å². The van der Waals surface area contributed by atoms with Gasteiger partial charge in [0, 0.05) is 29.6 Å². The number of anilines is 1. The maximum Gasteiger partial charge on any atom is 0.264 e. The first-order valence-electron chi connectivity index (χ1n) is 14.3. The average Bonchev–Trinajstić information content (AvgIpc) is 3.02. The van der Waals surface area contributed by atoms with Gasteiger partial charge in [0.25, 0.3) is 10.0 Å². The van der Waals surface area contributed by atoms with Crippen molar-refractivity contribution in [2.24, 2.45) is 0 Å². The highest BCUT2D eigenvalue weighted by atomic mass is 35.5. The van der Waals surface area contributed by atoms with Crippen molar-refractivity contribution in [3.05, 3.63) is 125 Å². The second kappa shape index (κ2) is 15.0. The molecule has 0 saturated heterocycles. The first-order valence-corrected chi connectivity index (χ1v) is 16.1. The van der Waals surface area contributed by atoms with Crippen LogP contribution in [0.15, 0.2) is 108 Å². The van der Waals surface area contributed by atoms with Crippen LogP contribution in [-0.2, 0) is 32.6 Å². The number of nitrogens with one attached hydrogen (secondary N) is 1. The third kappa shape index (κ3) is 8.61. The molecular weight excluding hydrogens is 617 g/mol. The normalized spacial score (nSPS) is 12.0. The van der Waals surface area contributed by atoms with E-state index in [1.807, 2.05) is 30.3 Å². The van der Waals surface area contributed by atoms with Crippen molar-refractivity contribution in [3.8, 4) is 5.75 Å². The maximum atomic E-state index is 15.0. The molecule has 0 bridgehead atoms. The number of benzene rings is 4. The van der Waals surface area contributed by atoms with Crippen LogP contribution in [0.3, 0.4) is 0 Å². The van der Waals surface area contributed by atoms with Crippen molar-refractivity contribution in [2.45, 2.75) is 43.8 Å². The number of methoxy groups -OCH3 is 1. The van der Waals surface area contributed by atoms with Crippen LogP contribution in [0.2, 0.25) is 5.02 Å². The lowest BCUT2D eigenvalue weighted by Crippen LogP contribution is -2.54. The Kier molecular flexibility index (Phi) is 11.2. The highest BCUT2D eigenvalue weighted by Gasteiger charge is 2.35. The van der Waals surface area contributed by atoms with E-state index >= 15 is 0 Å². The summed E-state index contributed by atoms with van der Waals surface area (Å²) in [7, 11) is -2.87. The van der Waals surface area contributed by atoms with E-state index in [2.05, 4.69) is 5.32 Å². The summed E-state index contributed by atoms with van der Waals surface area (Å²) >= 11 is 6.25. The number of hydrogen-bond donors (Lipinski definition) is 1. The number of carbonyl (C=O) groups is 2. The molecule has 0 spiro atoms. The quantitative estimate of drug-likeness (QED) is 0.196. The number of nitrogens with zero attached hydrogens (tertiary/aromatic N) is 2. The zero-order valence-electron chi connectivity index (χ0n) is 25.2. The van der Waals surface area contributed by atoms with Crippen LogP contribution in [0, 0.1) is 5.82 Å². The topological polar surface area (TPSA) is 96.0 Å². The third-order valence-electron chi connectivity index (χ3n) is 7.02. The summed E-state index contributed by atoms with van der Waals surface area (Å²) in [4.78, 5) is 29.2. The number of hydrogen-bond acceptors (Lipinski definition) is 5. The largest absolute Gasteiger partial charge is 0.497 e.